The molecule has 0 aliphatic carbocycles. The molecular weight excluding hydrogens is 448 g/mol. The molecule has 0 saturated heterocycles. The maximum atomic E-state index is 13.0. The lowest BCUT2D eigenvalue weighted by Gasteiger charge is -2.27. The Morgan fingerprint density at radius 3 is 2.47 bits per heavy atom. The van der Waals surface area contributed by atoms with Gasteiger partial charge < -0.3 is 10.1 Å². The Labute approximate surface area is 183 Å². The minimum Gasteiger partial charge on any atom is -0.368 e. The van der Waals surface area contributed by atoms with Crippen molar-refractivity contribution in [2.45, 2.75) is 92.3 Å². The lowest BCUT2D eigenvalue weighted by molar-refractivity contribution is -0.133. The maximum absolute atomic E-state index is 13.0. The van der Waals surface area contributed by atoms with Gasteiger partial charge in [0.1, 0.15) is 14.5 Å². The van der Waals surface area contributed by atoms with Crippen LogP contribution in [-0.2, 0) is 29.4 Å². The van der Waals surface area contributed by atoms with Crippen LogP contribution in [0.5, 0.6) is 0 Å². The van der Waals surface area contributed by atoms with Crippen LogP contribution >= 0.6 is 11.3 Å². The molecular formula is C19H32N2O6S3. The number of thiophene rings is 1. The van der Waals surface area contributed by atoms with Gasteiger partial charge in [-0.25, -0.2) is 16.8 Å². The Kier molecular flexibility index (Phi) is 8.25. The van der Waals surface area contributed by atoms with Crippen molar-refractivity contribution in [3.05, 3.63) is 11.6 Å². The number of Topliss-reactive ketones (excluding diaryl/α,β-unsaturated/α-hetero) is 1. The van der Waals surface area contributed by atoms with Crippen molar-refractivity contribution in [1.29, 1.82) is 0 Å². The lowest BCUT2D eigenvalue weighted by Crippen LogP contribution is -2.45. The molecule has 0 amide bonds. The Hall–Kier alpha value is -0.850. The van der Waals surface area contributed by atoms with Gasteiger partial charge in [0, 0.05) is 11.6 Å². The minimum atomic E-state index is -4.08. The van der Waals surface area contributed by atoms with Gasteiger partial charge in [0.2, 0.25) is 0 Å². The van der Waals surface area contributed by atoms with Crippen LogP contribution in [0.1, 0.15) is 66.0 Å². The number of sulfonamides is 1. The predicted molar refractivity (Wildman–Crippen MR) is 117 cm³/mol. The Balaban J connectivity index is 2.37. The molecule has 172 valence electrons. The topological polar surface area (TPSA) is 119 Å². The van der Waals surface area contributed by atoms with Crippen molar-refractivity contribution >= 4 is 37.0 Å². The summed E-state index contributed by atoms with van der Waals surface area (Å²) in [4.78, 5) is 12.6. The van der Waals surface area contributed by atoms with Gasteiger partial charge >= 0.3 is 0 Å². The van der Waals surface area contributed by atoms with Gasteiger partial charge in [0.05, 0.1) is 17.4 Å². The molecule has 0 fully saturated rings. The van der Waals surface area contributed by atoms with E-state index >= 15 is 0 Å². The average molecular weight is 481 g/mol. The van der Waals surface area contributed by atoms with Gasteiger partial charge in [-0.1, -0.05) is 13.8 Å². The number of carbonyl (C=O) groups is 1. The van der Waals surface area contributed by atoms with E-state index in [9.17, 15) is 21.6 Å². The Morgan fingerprint density at radius 2 is 1.93 bits per heavy atom. The number of fused-ring (bicyclic) bond motifs is 1. The van der Waals surface area contributed by atoms with E-state index in [0.29, 0.717) is 18.5 Å². The number of ether oxygens (including phenoxy) is 1. The van der Waals surface area contributed by atoms with Crippen molar-refractivity contribution in [2.24, 2.45) is 0 Å². The number of nitrogens with one attached hydrogen (secondary N) is 2. The largest absolute Gasteiger partial charge is 0.368 e. The van der Waals surface area contributed by atoms with E-state index in [4.69, 9.17) is 4.74 Å². The third-order valence-corrected chi connectivity index (χ3v) is 10.9. The summed E-state index contributed by atoms with van der Waals surface area (Å²) in [5.41, 5.74) is 0.483. The van der Waals surface area contributed by atoms with E-state index in [2.05, 4.69) is 10.0 Å². The van der Waals surface area contributed by atoms with E-state index in [1.54, 1.807) is 34.6 Å². The fourth-order valence-corrected chi connectivity index (χ4v) is 8.82. The van der Waals surface area contributed by atoms with Gasteiger partial charge in [-0.05, 0) is 53.1 Å². The molecule has 30 heavy (non-hydrogen) atoms. The number of rotatable bonds is 10. The van der Waals surface area contributed by atoms with Crippen molar-refractivity contribution < 1.29 is 26.4 Å². The molecule has 1 aliphatic rings. The van der Waals surface area contributed by atoms with Crippen LogP contribution in [0.3, 0.4) is 0 Å². The van der Waals surface area contributed by atoms with E-state index < -0.39 is 37.3 Å². The third-order valence-electron chi connectivity index (χ3n) is 5.07. The SMILES string of the molecule is CCN[C@H]1C[C@H](C)S(=O)(=O)c2sc(S(=O)(=O)NC(CC)C(=O)[C@H](C)OC(C)C)cc21. The van der Waals surface area contributed by atoms with E-state index in [-0.39, 0.29) is 32.8 Å². The molecule has 0 aromatic carbocycles. The summed E-state index contributed by atoms with van der Waals surface area (Å²) in [6.45, 7) is 11.1. The van der Waals surface area contributed by atoms with Crippen molar-refractivity contribution in [3.8, 4) is 0 Å². The van der Waals surface area contributed by atoms with E-state index in [0.717, 1.165) is 11.3 Å². The van der Waals surface area contributed by atoms with Crippen LogP contribution in [0.4, 0.5) is 0 Å². The number of hydrogen-bond acceptors (Lipinski definition) is 8. The maximum Gasteiger partial charge on any atom is 0.250 e. The number of hydrogen-bond donors (Lipinski definition) is 2. The molecule has 11 heteroatoms. The van der Waals surface area contributed by atoms with Gasteiger partial charge in [0.25, 0.3) is 10.0 Å². The van der Waals surface area contributed by atoms with Gasteiger partial charge in [-0.2, -0.15) is 4.72 Å². The summed E-state index contributed by atoms with van der Waals surface area (Å²) in [7, 11) is -7.67. The summed E-state index contributed by atoms with van der Waals surface area (Å²) < 4.78 is 59.5. The molecule has 0 saturated carbocycles. The van der Waals surface area contributed by atoms with Crippen molar-refractivity contribution in [1.82, 2.24) is 10.0 Å². The molecule has 0 bridgehead atoms. The van der Waals surface area contributed by atoms with Crippen LogP contribution in [0, 0.1) is 0 Å². The normalized spacial score (nSPS) is 23.2. The fraction of sp³-hybridized carbons (Fsp3) is 0.737. The molecule has 1 aromatic rings. The molecule has 2 heterocycles. The molecule has 1 unspecified atom stereocenters. The summed E-state index contributed by atoms with van der Waals surface area (Å²) in [5.74, 6) is -0.358. The van der Waals surface area contributed by atoms with Crippen LogP contribution in [0.15, 0.2) is 14.5 Å². The first-order valence-corrected chi connectivity index (χ1v) is 14.0. The van der Waals surface area contributed by atoms with Gasteiger partial charge in [-0.3, -0.25) is 4.79 Å². The van der Waals surface area contributed by atoms with Crippen LogP contribution < -0.4 is 10.0 Å². The number of carbonyl (C=O) groups excluding carboxylic acids is 1. The molecule has 4 atom stereocenters. The van der Waals surface area contributed by atoms with Gasteiger partial charge in [-0.15, -0.1) is 11.3 Å². The third kappa shape index (κ3) is 5.31. The first kappa shape index (κ1) is 25.4. The highest BCUT2D eigenvalue weighted by Crippen LogP contribution is 2.42. The summed E-state index contributed by atoms with van der Waals surface area (Å²) in [5, 5.41) is 2.63. The summed E-state index contributed by atoms with van der Waals surface area (Å²) in [6.07, 6.45) is -0.289. The predicted octanol–water partition coefficient (Wildman–Crippen LogP) is 2.40. The Morgan fingerprint density at radius 1 is 1.30 bits per heavy atom. The first-order valence-electron chi connectivity index (χ1n) is 10.2. The molecule has 0 radical (unpaired) electrons. The zero-order valence-corrected chi connectivity index (χ0v) is 20.7. The molecule has 8 nitrogen and oxygen atoms in total. The Bertz CT molecular complexity index is 968. The quantitative estimate of drug-likeness (QED) is 0.528. The highest BCUT2D eigenvalue weighted by atomic mass is 32.3. The smallest absolute Gasteiger partial charge is 0.250 e. The van der Waals surface area contributed by atoms with Crippen LogP contribution in [0.25, 0.3) is 0 Å². The second-order valence-corrected chi connectivity index (χ2v) is 13.4. The summed E-state index contributed by atoms with van der Waals surface area (Å²) >= 11 is 0.745. The van der Waals surface area contributed by atoms with Crippen molar-refractivity contribution in [3.63, 3.8) is 0 Å². The van der Waals surface area contributed by atoms with Crippen LogP contribution in [0.2, 0.25) is 0 Å². The molecule has 1 aliphatic heterocycles. The second kappa shape index (κ2) is 9.74. The fourth-order valence-electron chi connectivity index (χ4n) is 3.52. The van der Waals surface area contributed by atoms with Gasteiger partial charge in [0.15, 0.2) is 15.6 Å². The zero-order chi connectivity index (χ0) is 22.9. The number of ketones is 1. The molecule has 1 aromatic heterocycles. The molecule has 2 rings (SSSR count). The number of sulfone groups is 1. The highest BCUT2D eigenvalue weighted by molar-refractivity contribution is 7.95. The standard InChI is InChI=1S/C19H32N2O6S3/c1-7-15(18(22)13(6)27-11(3)4)21-30(25,26)17-10-14-16(20-8-2)9-12(5)29(23,24)19(14)28-17/h10-13,15-16,20-21H,7-9H2,1-6H3/t12-,13-,15?,16-/m0/s1. The van der Waals surface area contributed by atoms with Crippen molar-refractivity contribution in [2.75, 3.05) is 6.54 Å². The molecule has 0 spiro atoms. The van der Waals surface area contributed by atoms with Crippen LogP contribution in [-0.4, -0.2) is 52.7 Å². The van der Waals surface area contributed by atoms with E-state index in [1.165, 1.54) is 6.07 Å². The first-order chi connectivity index (χ1) is 13.8. The summed E-state index contributed by atoms with van der Waals surface area (Å²) in [6, 6.07) is 0.236. The second-order valence-electron chi connectivity index (χ2n) is 7.82. The van der Waals surface area contributed by atoms with E-state index in [1.807, 2.05) is 6.92 Å². The molecule has 2 N–H and O–H groups in total. The highest BCUT2D eigenvalue weighted by Gasteiger charge is 2.40. The zero-order valence-electron chi connectivity index (χ0n) is 18.3. The average Bonchev–Trinajstić information content (AvgIpc) is 3.11. The minimum absolute atomic E-state index is 0.0865. The lowest BCUT2D eigenvalue weighted by atomic mass is 10.1. The monoisotopic (exact) mass is 480 g/mol.